The lowest BCUT2D eigenvalue weighted by Crippen LogP contribution is -2.40. The molecule has 2 aromatic rings. The van der Waals surface area contributed by atoms with E-state index in [9.17, 15) is 14.4 Å². The summed E-state index contributed by atoms with van der Waals surface area (Å²) in [4.78, 5) is 44.7. The van der Waals surface area contributed by atoms with Gasteiger partial charge >= 0.3 is 5.97 Å². The molecule has 2 heterocycles. The second kappa shape index (κ2) is 14.2. The van der Waals surface area contributed by atoms with Crippen LogP contribution in [-0.2, 0) is 14.3 Å². The molecule has 10 heteroatoms. The van der Waals surface area contributed by atoms with Gasteiger partial charge in [0.15, 0.2) is 5.11 Å². The van der Waals surface area contributed by atoms with E-state index < -0.39 is 12.0 Å². The summed E-state index contributed by atoms with van der Waals surface area (Å²) in [6.07, 6.45) is 4.50. The predicted octanol–water partition coefficient (Wildman–Crippen LogP) is 4.47. The van der Waals surface area contributed by atoms with Crippen LogP contribution in [0.5, 0.6) is 5.75 Å². The number of hydrogen-bond donors (Lipinski definition) is 1. The van der Waals surface area contributed by atoms with Crippen LogP contribution in [0.3, 0.4) is 0 Å². The topological polar surface area (TPSA) is 91.4 Å². The number of nitrogens with one attached hydrogen (secondary N) is 1. The molecule has 1 unspecified atom stereocenters. The number of amides is 2. The minimum Gasteiger partial charge on any atom is -0.494 e. The fourth-order valence-electron chi connectivity index (χ4n) is 5.12. The van der Waals surface area contributed by atoms with Crippen molar-refractivity contribution < 1.29 is 23.9 Å². The third-order valence-electron chi connectivity index (χ3n) is 7.11. The van der Waals surface area contributed by atoms with Crippen molar-refractivity contribution >= 4 is 46.5 Å². The van der Waals surface area contributed by atoms with Crippen LogP contribution in [0.15, 0.2) is 48.5 Å². The largest absolute Gasteiger partial charge is 0.494 e. The number of carbonyl (C=O) groups is 3. The number of rotatable bonds is 12. The van der Waals surface area contributed by atoms with Crippen molar-refractivity contribution in [1.29, 1.82) is 0 Å². The Morgan fingerprint density at radius 2 is 1.65 bits per heavy atom. The van der Waals surface area contributed by atoms with Gasteiger partial charge in [0.1, 0.15) is 11.8 Å². The van der Waals surface area contributed by atoms with Crippen LogP contribution in [0.4, 0.5) is 11.4 Å². The zero-order chi connectivity index (χ0) is 28.5. The van der Waals surface area contributed by atoms with E-state index >= 15 is 0 Å². The summed E-state index contributed by atoms with van der Waals surface area (Å²) in [7, 11) is 0. The standard InChI is InChI=1S/C30H38N4O5S/c1-3-38-25-15-11-23(12-16-25)31-27(35)21-26-28(36)34(24-13-9-22(10-14-24)29(37)39-4-2)30(40)33(26)20-8-19-32-17-6-5-7-18-32/h9-16,26H,3-8,17-21H2,1-2H3,(H,31,35). The molecule has 0 bridgehead atoms. The lowest BCUT2D eigenvalue weighted by Gasteiger charge is -2.28. The summed E-state index contributed by atoms with van der Waals surface area (Å²) in [6, 6.07) is 13.0. The lowest BCUT2D eigenvalue weighted by molar-refractivity contribution is -0.124. The highest BCUT2D eigenvalue weighted by Gasteiger charge is 2.44. The molecule has 0 radical (unpaired) electrons. The van der Waals surface area contributed by atoms with Gasteiger partial charge in [0.2, 0.25) is 5.91 Å². The Morgan fingerprint density at radius 3 is 2.30 bits per heavy atom. The maximum absolute atomic E-state index is 13.7. The third kappa shape index (κ3) is 7.37. The summed E-state index contributed by atoms with van der Waals surface area (Å²) in [5.74, 6) is -0.228. The molecule has 2 aliphatic rings. The third-order valence-corrected chi connectivity index (χ3v) is 7.52. The van der Waals surface area contributed by atoms with Crippen molar-refractivity contribution in [2.45, 2.75) is 52.0 Å². The van der Waals surface area contributed by atoms with Gasteiger partial charge in [-0.2, -0.15) is 0 Å². The van der Waals surface area contributed by atoms with E-state index in [1.807, 2.05) is 11.8 Å². The molecule has 0 spiro atoms. The minimum absolute atomic E-state index is 0.0344. The molecule has 2 fully saturated rings. The number of esters is 1. The van der Waals surface area contributed by atoms with Crippen LogP contribution in [0.25, 0.3) is 0 Å². The minimum atomic E-state index is -0.721. The molecule has 40 heavy (non-hydrogen) atoms. The number of hydrogen-bond acceptors (Lipinski definition) is 7. The van der Waals surface area contributed by atoms with Crippen LogP contribution in [0, 0.1) is 0 Å². The predicted molar refractivity (Wildman–Crippen MR) is 159 cm³/mol. The number of thiocarbonyl (C=S) groups is 1. The monoisotopic (exact) mass is 566 g/mol. The number of benzene rings is 2. The van der Waals surface area contributed by atoms with Crippen molar-refractivity contribution in [2.75, 3.05) is 49.6 Å². The van der Waals surface area contributed by atoms with Gasteiger partial charge in [0.05, 0.1) is 30.9 Å². The van der Waals surface area contributed by atoms with Crippen LogP contribution in [0.2, 0.25) is 0 Å². The molecule has 1 N–H and O–H groups in total. The van der Waals surface area contributed by atoms with Crippen molar-refractivity contribution in [3.8, 4) is 5.75 Å². The summed E-state index contributed by atoms with van der Waals surface area (Å²) >= 11 is 5.80. The summed E-state index contributed by atoms with van der Waals surface area (Å²) in [5.41, 5.74) is 1.58. The van der Waals surface area contributed by atoms with Gasteiger partial charge in [-0.15, -0.1) is 0 Å². The van der Waals surface area contributed by atoms with E-state index in [-0.39, 0.29) is 24.8 Å². The van der Waals surface area contributed by atoms with Crippen molar-refractivity contribution in [3.05, 3.63) is 54.1 Å². The molecule has 0 aliphatic carbocycles. The molecule has 9 nitrogen and oxygen atoms in total. The van der Waals surface area contributed by atoms with E-state index in [1.54, 1.807) is 55.5 Å². The first-order chi connectivity index (χ1) is 19.4. The molecule has 2 amide bonds. The van der Waals surface area contributed by atoms with Crippen LogP contribution in [0.1, 0.15) is 56.3 Å². The fourth-order valence-corrected chi connectivity index (χ4v) is 5.54. The first kappa shape index (κ1) is 29.5. The number of nitrogens with zero attached hydrogens (tertiary/aromatic N) is 3. The summed E-state index contributed by atoms with van der Waals surface area (Å²) in [6.45, 7) is 8.18. The van der Waals surface area contributed by atoms with E-state index in [4.69, 9.17) is 21.7 Å². The highest BCUT2D eigenvalue weighted by molar-refractivity contribution is 7.80. The first-order valence-corrected chi connectivity index (χ1v) is 14.5. The second-order valence-electron chi connectivity index (χ2n) is 9.90. The Kier molecular flexibility index (Phi) is 10.5. The average Bonchev–Trinajstić information content (AvgIpc) is 3.19. The molecule has 1 atom stereocenters. The highest BCUT2D eigenvalue weighted by Crippen LogP contribution is 2.28. The van der Waals surface area contributed by atoms with Gasteiger partial charge in [0.25, 0.3) is 5.91 Å². The Bertz CT molecular complexity index is 1180. The van der Waals surface area contributed by atoms with Crippen LogP contribution < -0.4 is 15.0 Å². The maximum Gasteiger partial charge on any atom is 0.338 e. The van der Waals surface area contributed by atoms with E-state index in [2.05, 4.69) is 10.2 Å². The van der Waals surface area contributed by atoms with Crippen molar-refractivity contribution in [3.63, 3.8) is 0 Å². The Labute approximate surface area is 241 Å². The quantitative estimate of drug-likeness (QED) is 0.297. The smallest absolute Gasteiger partial charge is 0.338 e. The van der Waals surface area contributed by atoms with Crippen LogP contribution in [-0.4, -0.2) is 78.1 Å². The zero-order valence-corrected chi connectivity index (χ0v) is 24.1. The van der Waals surface area contributed by atoms with Crippen molar-refractivity contribution in [1.82, 2.24) is 9.80 Å². The van der Waals surface area contributed by atoms with Gasteiger partial charge < -0.3 is 24.6 Å². The lowest BCUT2D eigenvalue weighted by atomic mass is 10.1. The Hall–Kier alpha value is -3.50. The van der Waals surface area contributed by atoms with Gasteiger partial charge in [-0.3, -0.25) is 14.5 Å². The summed E-state index contributed by atoms with van der Waals surface area (Å²) in [5, 5.41) is 3.26. The molecule has 4 rings (SSSR count). The fraction of sp³-hybridized carbons (Fsp3) is 0.467. The van der Waals surface area contributed by atoms with Gasteiger partial charge in [-0.25, -0.2) is 4.79 Å². The van der Waals surface area contributed by atoms with Crippen LogP contribution >= 0.6 is 12.2 Å². The first-order valence-electron chi connectivity index (χ1n) is 14.1. The highest BCUT2D eigenvalue weighted by atomic mass is 32.1. The molecule has 0 aromatic heterocycles. The molecular formula is C30H38N4O5S. The number of carbonyl (C=O) groups excluding carboxylic acids is 3. The normalized spacial score (nSPS) is 17.7. The van der Waals surface area contributed by atoms with E-state index in [0.29, 0.717) is 35.2 Å². The molecular weight excluding hydrogens is 528 g/mol. The summed E-state index contributed by atoms with van der Waals surface area (Å²) < 4.78 is 10.5. The number of ether oxygens (including phenoxy) is 2. The van der Waals surface area contributed by atoms with Gasteiger partial charge in [-0.1, -0.05) is 6.42 Å². The number of anilines is 2. The number of likely N-dealkylation sites (tertiary alicyclic amines) is 1. The molecule has 2 aliphatic heterocycles. The van der Waals surface area contributed by atoms with Gasteiger partial charge in [0, 0.05) is 12.2 Å². The maximum atomic E-state index is 13.7. The second-order valence-corrected chi connectivity index (χ2v) is 10.3. The average molecular weight is 567 g/mol. The van der Waals surface area contributed by atoms with Gasteiger partial charge in [-0.05, 0) is 113 Å². The Morgan fingerprint density at radius 1 is 0.950 bits per heavy atom. The molecule has 2 aromatic carbocycles. The molecule has 214 valence electrons. The molecule has 0 saturated carbocycles. The Balaban J connectivity index is 1.48. The van der Waals surface area contributed by atoms with E-state index in [1.165, 1.54) is 24.2 Å². The van der Waals surface area contributed by atoms with Crippen molar-refractivity contribution in [2.24, 2.45) is 0 Å². The zero-order valence-electron chi connectivity index (χ0n) is 23.3. The SMILES string of the molecule is CCOC(=O)c1ccc(N2C(=O)C(CC(=O)Nc3ccc(OCC)cc3)N(CCCN3CCCCC3)C2=S)cc1. The number of piperidine rings is 1. The van der Waals surface area contributed by atoms with E-state index in [0.717, 1.165) is 31.8 Å². The molecule has 2 saturated heterocycles.